The number of nitrogens with zero attached hydrogens (tertiary/aromatic N) is 1. The van der Waals surface area contributed by atoms with Crippen molar-refractivity contribution in [2.45, 2.75) is 25.2 Å². The zero-order valence-corrected chi connectivity index (χ0v) is 13.0. The Morgan fingerprint density at radius 3 is 3.13 bits per heavy atom. The van der Waals surface area contributed by atoms with Gasteiger partial charge in [0.1, 0.15) is 5.82 Å². The van der Waals surface area contributed by atoms with Crippen molar-refractivity contribution in [1.29, 1.82) is 0 Å². The lowest BCUT2D eigenvalue weighted by atomic mass is 9.82. The minimum atomic E-state index is -0.398. The average molecular weight is 314 g/mol. The molecule has 1 aromatic heterocycles. The summed E-state index contributed by atoms with van der Waals surface area (Å²) < 4.78 is 18.7. The summed E-state index contributed by atoms with van der Waals surface area (Å²) in [6.07, 6.45) is 5.93. The van der Waals surface area contributed by atoms with E-state index in [9.17, 15) is 9.18 Å². The number of carbonyl (C=O) groups excluding carboxylic acids is 1. The van der Waals surface area contributed by atoms with Crippen LogP contribution in [0.3, 0.4) is 0 Å². The number of hydrogen-bond acceptors (Lipinski definition) is 4. The number of nitrogens with one attached hydrogen (secondary N) is 1. The zero-order chi connectivity index (χ0) is 16.2. The van der Waals surface area contributed by atoms with Crippen LogP contribution in [-0.2, 0) is 11.2 Å². The van der Waals surface area contributed by atoms with Crippen LogP contribution in [0.2, 0.25) is 0 Å². The summed E-state index contributed by atoms with van der Waals surface area (Å²) >= 11 is 0. The summed E-state index contributed by atoms with van der Waals surface area (Å²) in [4.78, 5) is 15.8. The third-order valence-electron chi connectivity index (χ3n) is 4.34. The van der Waals surface area contributed by atoms with E-state index >= 15 is 0 Å². The lowest BCUT2D eigenvalue weighted by Gasteiger charge is -2.26. The van der Waals surface area contributed by atoms with Crippen LogP contribution in [0.5, 0.6) is 0 Å². The van der Waals surface area contributed by atoms with E-state index in [1.54, 1.807) is 24.5 Å². The molecule has 0 amide bonds. The SMILES string of the molecule is COC(=O)c1ccncc1NC[C@H]1CCCc2c(F)cccc21. The number of ether oxygens (including phenoxy) is 1. The van der Waals surface area contributed by atoms with Crippen molar-refractivity contribution in [2.75, 3.05) is 19.0 Å². The summed E-state index contributed by atoms with van der Waals surface area (Å²) in [5, 5.41) is 3.27. The standard InChI is InChI=1S/C18H19FN2O2/c1-23-18(22)15-8-9-20-11-17(15)21-10-12-4-2-6-14-13(12)5-3-7-16(14)19/h3,5,7-9,11-12,21H,2,4,6,10H2,1H3/t12-/m1/s1. The van der Waals surface area contributed by atoms with Gasteiger partial charge in [0, 0.05) is 18.7 Å². The molecule has 1 aromatic carbocycles. The van der Waals surface area contributed by atoms with Crippen LogP contribution in [0, 0.1) is 5.82 Å². The first kappa shape index (κ1) is 15.5. The largest absolute Gasteiger partial charge is 0.465 e. The molecule has 1 aliphatic rings. The number of esters is 1. The van der Waals surface area contributed by atoms with Gasteiger partial charge in [0.2, 0.25) is 0 Å². The van der Waals surface area contributed by atoms with Gasteiger partial charge in [0.05, 0.1) is 24.6 Å². The fourth-order valence-electron chi connectivity index (χ4n) is 3.17. The van der Waals surface area contributed by atoms with Crippen molar-refractivity contribution >= 4 is 11.7 Å². The summed E-state index contributed by atoms with van der Waals surface area (Å²) in [5.41, 5.74) is 2.98. The lowest BCUT2D eigenvalue weighted by Crippen LogP contribution is -2.20. The summed E-state index contributed by atoms with van der Waals surface area (Å²) in [5.74, 6) is -0.297. The Balaban J connectivity index is 1.78. The maximum atomic E-state index is 13.9. The Kier molecular flexibility index (Phi) is 4.55. The molecule has 2 aromatic rings. The number of carbonyl (C=O) groups is 1. The molecular weight excluding hydrogens is 295 g/mol. The maximum Gasteiger partial charge on any atom is 0.340 e. The maximum absolute atomic E-state index is 13.9. The first-order valence-electron chi connectivity index (χ1n) is 7.74. The third-order valence-corrected chi connectivity index (χ3v) is 4.34. The molecule has 4 nitrogen and oxygen atoms in total. The molecule has 1 heterocycles. The van der Waals surface area contributed by atoms with Gasteiger partial charge in [-0.15, -0.1) is 0 Å². The number of aromatic nitrogens is 1. The van der Waals surface area contributed by atoms with Gasteiger partial charge in [-0.1, -0.05) is 12.1 Å². The molecule has 1 aliphatic carbocycles. The highest BCUT2D eigenvalue weighted by Gasteiger charge is 2.23. The molecule has 23 heavy (non-hydrogen) atoms. The number of methoxy groups -OCH3 is 1. The average Bonchev–Trinajstić information content (AvgIpc) is 2.60. The van der Waals surface area contributed by atoms with Crippen molar-refractivity contribution in [1.82, 2.24) is 4.98 Å². The number of benzene rings is 1. The molecule has 120 valence electrons. The van der Waals surface area contributed by atoms with Gasteiger partial charge >= 0.3 is 5.97 Å². The normalized spacial score (nSPS) is 16.5. The second-order valence-electron chi connectivity index (χ2n) is 5.69. The molecule has 0 saturated carbocycles. The lowest BCUT2D eigenvalue weighted by molar-refractivity contribution is 0.0601. The molecular formula is C18H19FN2O2. The van der Waals surface area contributed by atoms with Crippen LogP contribution in [0.25, 0.3) is 0 Å². The van der Waals surface area contributed by atoms with Gasteiger partial charge in [-0.3, -0.25) is 4.98 Å². The molecule has 0 spiro atoms. The smallest absolute Gasteiger partial charge is 0.340 e. The Morgan fingerprint density at radius 1 is 1.43 bits per heavy atom. The number of fused-ring (bicyclic) bond motifs is 1. The van der Waals surface area contributed by atoms with Gasteiger partial charge in [-0.2, -0.15) is 0 Å². The van der Waals surface area contributed by atoms with Crippen molar-refractivity contribution in [3.63, 3.8) is 0 Å². The first-order chi connectivity index (χ1) is 11.2. The number of anilines is 1. The molecule has 0 saturated heterocycles. The molecule has 0 aliphatic heterocycles. The van der Waals surface area contributed by atoms with E-state index in [0.717, 1.165) is 30.4 Å². The highest BCUT2D eigenvalue weighted by atomic mass is 19.1. The van der Waals surface area contributed by atoms with Gasteiger partial charge in [0.15, 0.2) is 0 Å². The second kappa shape index (κ2) is 6.77. The summed E-state index contributed by atoms with van der Waals surface area (Å²) in [6.45, 7) is 0.631. The monoisotopic (exact) mass is 314 g/mol. The molecule has 5 heteroatoms. The van der Waals surface area contributed by atoms with Gasteiger partial charge in [-0.05, 0) is 42.5 Å². The van der Waals surface area contributed by atoms with Crippen molar-refractivity contribution in [3.05, 3.63) is 59.2 Å². The van der Waals surface area contributed by atoms with Crippen LogP contribution in [0.15, 0.2) is 36.7 Å². The Hall–Kier alpha value is -2.43. The van der Waals surface area contributed by atoms with Crippen molar-refractivity contribution < 1.29 is 13.9 Å². The van der Waals surface area contributed by atoms with Crippen molar-refractivity contribution in [3.8, 4) is 0 Å². The fraction of sp³-hybridized carbons (Fsp3) is 0.333. The van der Waals surface area contributed by atoms with Crippen molar-refractivity contribution in [2.24, 2.45) is 0 Å². The van der Waals surface area contributed by atoms with E-state index in [1.165, 1.54) is 13.2 Å². The topological polar surface area (TPSA) is 51.2 Å². The number of pyridine rings is 1. The quantitative estimate of drug-likeness (QED) is 0.877. The van der Waals surface area contributed by atoms with Crippen LogP contribution in [-0.4, -0.2) is 24.6 Å². The molecule has 0 bridgehead atoms. The van der Waals surface area contributed by atoms with E-state index in [4.69, 9.17) is 4.74 Å². The molecule has 0 fully saturated rings. The van der Waals surface area contributed by atoms with Crippen LogP contribution in [0.4, 0.5) is 10.1 Å². The Morgan fingerprint density at radius 2 is 2.30 bits per heavy atom. The summed E-state index contributed by atoms with van der Waals surface area (Å²) in [7, 11) is 1.35. The highest BCUT2D eigenvalue weighted by Crippen LogP contribution is 2.33. The van der Waals surface area contributed by atoms with E-state index < -0.39 is 5.97 Å². The fourth-order valence-corrected chi connectivity index (χ4v) is 3.17. The molecule has 1 N–H and O–H groups in total. The van der Waals surface area contributed by atoms with Crippen LogP contribution < -0.4 is 5.32 Å². The Bertz CT molecular complexity index is 718. The van der Waals surface area contributed by atoms with Crippen LogP contribution in [0.1, 0.15) is 40.2 Å². The van der Waals surface area contributed by atoms with Gasteiger partial charge in [0.25, 0.3) is 0 Å². The zero-order valence-electron chi connectivity index (χ0n) is 13.0. The highest BCUT2D eigenvalue weighted by molar-refractivity contribution is 5.95. The minimum absolute atomic E-state index is 0.121. The molecule has 3 rings (SSSR count). The van der Waals surface area contributed by atoms with Gasteiger partial charge in [-0.25, -0.2) is 9.18 Å². The Labute approximate surface area is 134 Å². The molecule has 1 atom stereocenters. The number of hydrogen-bond donors (Lipinski definition) is 1. The molecule has 0 unspecified atom stereocenters. The van der Waals surface area contributed by atoms with E-state index in [2.05, 4.69) is 10.3 Å². The van der Waals surface area contributed by atoms with Crippen LogP contribution >= 0.6 is 0 Å². The van der Waals surface area contributed by atoms with E-state index in [1.807, 2.05) is 6.07 Å². The first-order valence-corrected chi connectivity index (χ1v) is 7.74. The van der Waals surface area contributed by atoms with E-state index in [-0.39, 0.29) is 11.7 Å². The molecule has 0 radical (unpaired) electrons. The second-order valence-corrected chi connectivity index (χ2v) is 5.69. The summed E-state index contributed by atoms with van der Waals surface area (Å²) in [6, 6.07) is 6.90. The minimum Gasteiger partial charge on any atom is -0.465 e. The predicted molar refractivity (Wildman–Crippen MR) is 86.1 cm³/mol. The van der Waals surface area contributed by atoms with Gasteiger partial charge < -0.3 is 10.1 Å². The number of halogens is 1. The van der Waals surface area contributed by atoms with E-state index in [0.29, 0.717) is 17.8 Å². The third kappa shape index (κ3) is 3.18. The predicted octanol–water partition coefficient (Wildman–Crippen LogP) is 3.54. The number of rotatable bonds is 4.